The number of hydrogen-bond acceptors (Lipinski definition) is 6. The highest BCUT2D eigenvalue weighted by Gasteiger charge is 2.28. The number of hydrogen-bond donors (Lipinski definition) is 3. The van der Waals surface area contributed by atoms with Crippen LogP contribution in [-0.4, -0.2) is 49.5 Å². The number of alkyl carbamates (subject to hydrolysis) is 1. The van der Waals surface area contributed by atoms with E-state index in [0.29, 0.717) is 17.9 Å². The summed E-state index contributed by atoms with van der Waals surface area (Å²) < 4.78 is 6.85. The van der Waals surface area contributed by atoms with Crippen LogP contribution in [0.3, 0.4) is 0 Å². The van der Waals surface area contributed by atoms with E-state index in [2.05, 4.69) is 20.7 Å². The lowest BCUT2D eigenvalue weighted by atomic mass is 10.2. The van der Waals surface area contributed by atoms with Gasteiger partial charge >= 0.3 is 12.1 Å². The first-order valence-electron chi connectivity index (χ1n) is 8.55. The Labute approximate surface area is 150 Å². The summed E-state index contributed by atoms with van der Waals surface area (Å²) >= 11 is 0. The van der Waals surface area contributed by atoms with Crippen LogP contribution in [0.2, 0.25) is 0 Å². The van der Waals surface area contributed by atoms with Gasteiger partial charge in [-0.1, -0.05) is 0 Å². The number of anilines is 1. The van der Waals surface area contributed by atoms with Crippen molar-refractivity contribution >= 4 is 23.5 Å². The van der Waals surface area contributed by atoms with Gasteiger partial charge in [0.1, 0.15) is 11.4 Å². The number of ether oxygens (including phenoxy) is 1. The normalized spacial score (nSPS) is 20.1. The summed E-state index contributed by atoms with van der Waals surface area (Å²) in [5.74, 6) is -0.520. The predicted octanol–water partition coefficient (Wildman–Crippen LogP) is 2.29. The van der Waals surface area contributed by atoms with E-state index in [4.69, 9.17) is 4.74 Å². The molecule has 9 heteroatoms. The number of amides is 1. The number of fused-ring (bicyclic) bond motifs is 1. The first kappa shape index (κ1) is 18.0. The molecule has 3 N–H and O–H groups in total. The molecule has 0 aliphatic heterocycles. The lowest BCUT2D eigenvalue weighted by Crippen LogP contribution is -2.38. The second-order valence-electron chi connectivity index (χ2n) is 7.43. The summed E-state index contributed by atoms with van der Waals surface area (Å²) in [6.07, 6.45) is 3.52. The molecule has 1 aliphatic rings. The fraction of sp³-hybridized carbons (Fsp3) is 0.529. The number of carbonyl (C=O) groups is 2. The first-order chi connectivity index (χ1) is 12.2. The maximum Gasteiger partial charge on any atom is 0.407 e. The summed E-state index contributed by atoms with van der Waals surface area (Å²) in [5.41, 5.74) is -0.105. The van der Waals surface area contributed by atoms with Crippen LogP contribution in [0.4, 0.5) is 10.6 Å². The number of carboxylic acid groups (broad SMARTS) is 1. The second-order valence-corrected chi connectivity index (χ2v) is 7.43. The Morgan fingerprint density at radius 2 is 2.04 bits per heavy atom. The minimum Gasteiger partial charge on any atom is -0.477 e. The number of aromatic carboxylic acids is 1. The second kappa shape index (κ2) is 6.81. The predicted molar refractivity (Wildman–Crippen MR) is 94.4 cm³/mol. The zero-order valence-electron chi connectivity index (χ0n) is 15.0. The molecule has 0 bridgehead atoms. The Kier molecular flexibility index (Phi) is 4.71. The van der Waals surface area contributed by atoms with Crippen molar-refractivity contribution in [3.8, 4) is 0 Å². The van der Waals surface area contributed by atoms with Gasteiger partial charge in [0.15, 0.2) is 11.3 Å². The van der Waals surface area contributed by atoms with Crippen LogP contribution in [0.25, 0.3) is 5.65 Å². The van der Waals surface area contributed by atoms with Crippen molar-refractivity contribution in [3.63, 3.8) is 0 Å². The van der Waals surface area contributed by atoms with E-state index in [1.165, 1.54) is 6.07 Å². The number of carboxylic acids is 1. The third kappa shape index (κ3) is 4.22. The molecule has 140 valence electrons. The molecule has 1 amide bonds. The molecule has 2 heterocycles. The van der Waals surface area contributed by atoms with Gasteiger partial charge in [0.2, 0.25) is 0 Å². The Morgan fingerprint density at radius 1 is 1.31 bits per heavy atom. The van der Waals surface area contributed by atoms with Crippen LogP contribution >= 0.6 is 0 Å². The summed E-state index contributed by atoms with van der Waals surface area (Å²) in [6, 6.07) is 3.22. The quantitative estimate of drug-likeness (QED) is 0.764. The molecule has 2 atom stereocenters. The number of rotatable bonds is 4. The summed E-state index contributed by atoms with van der Waals surface area (Å²) in [4.78, 5) is 27.2. The molecule has 9 nitrogen and oxygen atoms in total. The lowest BCUT2D eigenvalue weighted by molar-refractivity contribution is 0.0505. The molecule has 0 saturated heterocycles. The number of carbonyl (C=O) groups excluding carboxylic acids is 1. The fourth-order valence-electron chi connectivity index (χ4n) is 3.05. The monoisotopic (exact) mass is 361 g/mol. The average molecular weight is 361 g/mol. The van der Waals surface area contributed by atoms with Crippen LogP contribution in [0.5, 0.6) is 0 Å². The van der Waals surface area contributed by atoms with Gasteiger partial charge in [-0.05, 0) is 40.0 Å². The van der Waals surface area contributed by atoms with E-state index < -0.39 is 17.7 Å². The van der Waals surface area contributed by atoms with Gasteiger partial charge in [0.25, 0.3) is 0 Å². The van der Waals surface area contributed by atoms with Crippen LogP contribution in [-0.2, 0) is 4.74 Å². The highest BCUT2D eigenvalue weighted by molar-refractivity contribution is 5.87. The zero-order chi connectivity index (χ0) is 18.9. The van der Waals surface area contributed by atoms with Crippen LogP contribution in [0.15, 0.2) is 18.3 Å². The molecule has 0 spiro atoms. The topological polar surface area (TPSA) is 118 Å². The molecule has 1 aliphatic carbocycles. The van der Waals surface area contributed by atoms with Gasteiger partial charge < -0.3 is 20.5 Å². The van der Waals surface area contributed by atoms with Crippen molar-refractivity contribution in [1.82, 2.24) is 19.9 Å². The smallest absolute Gasteiger partial charge is 0.407 e. The average Bonchev–Trinajstić information content (AvgIpc) is 3.14. The van der Waals surface area contributed by atoms with Gasteiger partial charge in [-0.2, -0.15) is 9.61 Å². The molecular weight excluding hydrogens is 338 g/mol. The van der Waals surface area contributed by atoms with E-state index in [9.17, 15) is 14.7 Å². The van der Waals surface area contributed by atoms with Gasteiger partial charge in [-0.25, -0.2) is 14.6 Å². The van der Waals surface area contributed by atoms with Gasteiger partial charge in [0, 0.05) is 24.2 Å². The standard InChI is InChI=1S/C17H23N5O4/c1-17(2,3)26-16(25)20-11-5-4-10(8-11)19-14-9-12(15(23)24)21-13-6-7-18-22(13)14/h6-7,9-11,19H,4-5,8H2,1-3H3,(H,20,25)(H,23,24)/t10-,11-/m0/s1. The van der Waals surface area contributed by atoms with Crippen LogP contribution in [0, 0.1) is 0 Å². The third-order valence-corrected chi connectivity index (χ3v) is 4.08. The molecule has 0 radical (unpaired) electrons. The van der Waals surface area contributed by atoms with Gasteiger partial charge in [-0.3, -0.25) is 0 Å². The van der Waals surface area contributed by atoms with E-state index >= 15 is 0 Å². The lowest BCUT2D eigenvalue weighted by Gasteiger charge is -2.22. The van der Waals surface area contributed by atoms with Gasteiger partial charge in [-0.15, -0.1) is 0 Å². The minimum atomic E-state index is -1.09. The Balaban J connectivity index is 1.66. The maximum absolute atomic E-state index is 11.9. The first-order valence-corrected chi connectivity index (χ1v) is 8.55. The van der Waals surface area contributed by atoms with E-state index in [1.54, 1.807) is 16.8 Å². The Morgan fingerprint density at radius 3 is 2.73 bits per heavy atom. The van der Waals surface area contributed by atoms with E-state index in [-0.39, 0.29) is 17.8 Å². The molecule has 2 aromatic heterocycles. The van der Waals surface area contributed by atoms with Crippen LogP contribution < -0.4 is 10.6 Å². The Bertz CT molecular complexity index is 826. The van der Waals surface area contributed by atoms with E-state index in [1.807, 2.05) is 20.8 Å². The molecule has 1 saturated carbocycles. The maximum atomic E-state index is 11.9. The molecule has 0 unspecified atom stereocenters. The molecule has 3 rings (SSSR count). The zero-order valence-corrected chi connectivity index (χ0v) is 15.0. The number of nitrogens with one attached hydrogen (secondary N) is 2. The molecular formula is C17H23N5O4. The van der Waals surface area contributed by atoms with Crippen molar-refractivity contribution in [2.45, 2.75) is 57.7 Å². The molecule has 26 heavy (non-hydrogen) atoms. The Hall–Kier alpha value is -2.84. The highest BCUT2D eigenvalue weighted by Crippen LogP contribution is 2.24. The van der Waals surface area contributed by atoms with Crippen molar-refractivity contribution in [2.24, 2.45) is 0 Å². The van der Waals surface area contributed by atoms with Crippen molar-refractivity contribution in [2.75, 3.05) is 5.32 Å². The van der Waals surface area contributed by atoms with Crippen molar-refractivity contribution < 1.29 is 19.4 Å². The molecule has 2 aromatic rings. The summed E-state index contributed by atoms with van der Waals surface area (Å²) in [6.45, 7) is 5.47. The SMILES string of the molecule is CC(C)(C)OC(=O)N[C@H]1CC[C@H](Nc2cc(C(=O)O)nc3ccnn23)C1. The minimum absolute atomic E-state index is 0.0104. The highest BCUT2D eigenvalue weighted by atomic mass is 16.6. The summed E-state index contributed by atoms with van der Waals surface area (Å²) in [5, 5.41) is 19.6. The largest absolute Gasteiger partial charge is 0.477 e. The van der Waals surface area contributed by atoms with Crippen molar-refractivity contribution in [3.05, 3.63) is 24.0 Å². The fourth-order valence-corrected chi connectivity index (χ4v) is 3.05. The number of nitrogens with zero attached hydrogens (tertiary/aromatic N) is 3. The van der Waals surface area contributed by atoms with Crippen LogP contribution in [0.1, 0.15) is 50.5 Å². The third-order valence-electron chi connectivity index (χ3n) is 4.08. The van der Waals surface area contributed by atoms with E-state index in [0.717, 1.165) is 12.8 Å². The number of aromatic nitrogens is 3. The van der Waals surface area contributed by atoms with Crippen molar-refractivity contribution in [1.29, 1.82) is 0 Å². The molecule has 1 fully saturated rings. The van der Waals surface area contributed by atoms with Gasteiger partial charge in [0.05, 0.1) is 6.20 Å². The summed E-state index contributed by atoms with van der Waals surface area (Å²) in [7, 11) is 0. The molecule has 0 aromatic carbocycles.